The molecule has 0 bridgehead atoms. The number of rotatable bonds is 3. The minimum atomic E-state index is -3.58. The van der Waals surface area contributed by atoms with E-state index in [0.717, 1.165) is 18.9 Å². The summed E-state index contributed by atoms with van der Waals surface area (Å²) in [4.78, 5) is 11.2. The van der Waals surface area contributed by atoms with Gasteiger partial charge in [-0.15, -0.1) is 12.6 Å². The van der Waals surface area contributed by atoms with Crippen LogP contribution in [0.25, 0.3) is 0 Å². The molecule has 0 amide bonds. The lowest BCUT2D eigenvalue weighted by atomic mass is 10.2. The highest BCUT2D eigenvalue weighted by molar-refractivity contribution is 7.89. The van der Waals surface area contributed by atoms with Crippen LogP contribution in [-0.4, -0.2) is 36.9 Å². The summed E-state index contributed by atoms with van der Waals surface area (Å²) < 4.78 is 25.8. The third-order valence-electron chi connectivity index (χ3n) is 2.90. The van der Waals surface area contributed by atoms with Gasteiger partial charge in [-0.3, -0.25) is 0 Å². The number of aromatic carboxylic acids is 1. The molecular weight excluding hydrogens is 274 g/mol. The molecule has 0 aromatic heterocycles. The smallest absolute Gasteiger partial charge is 0.336 e. The van der Waals surface area contributed by atoms with Gasteiger partial charge in [0.1, 0.15) is 0 Å². The van der Waals surface area contributed by atoms with Gasteiger partial charge in [-0.25, -0.2) is 13.2 Å². The molecule has 0 spiro atoms. The van der Waals surface area contributed by atoms with E-state index in [-0.39, 0.29) is 15.4 Å². The topological polar surface area (TPSA) is 74.7 Å². The largest absolute Gasteiger partial charge is 0.478 e. The van der Waals surface area contributed by atoms with Crippen molar-refractivity contribution in [1.82, 2.24) is 4.31 Å². The summed E-state index contributed by atoms with van der Waals surface area (Å²) in [5, 5.41) is 8.96. The van der Waals surface area contributed by atoms with Crippen LogP contribution in [0.4, 0.5) is 0 Å². The van der Waals surface area contributed by atoms with Crippen molar-refractivity contribution in [2.24, 2.45) is 0 Å². The van der Waals surface area contributed by atoms with Crippen molar-refractivity contribution in [3.63, 3.8) is 0 Å². The summed E-state index contributed by atoms with van der Waals surface area (Å²) in [5.74, 6) is -1.18. The molecule has 1 saturated heterocycles. The molecule has 0 unspecified atom stereocenters. The molecule has 1 aliphatic rings. The van der Waals surface area contributed by atoms with E-state index in [1.807, 2.05) is 0 Å². The Morgan fingerprint density at radius 2 is 1.89 bits per heavy atom. The SMILES string of the molecule is O=C(O)c1cc(S(=O)(=O)N2CCCC2)ccc1S. The minimum Gasteiger partial charge on any atom is -0.478 e. The third kappa shape index (κ3) is 2.38. The second kappa shape index (κ2) is 4.91. The number of hydrogen-bond acceptors (Lipinski definition) is 4. The fraction of sp³-hybridized carbons (Fsp3) is 0.364. The van der Waals surface area contributed by atoms with Gasteiger partial charge in [0.25, 0.3) is 0 Å². The second-order valence-electron chi connectivity index (χ2n) is 4.10. The second-order valence-corrected chi connectivity index (χ2v) is 6.52. The number of benzene rings is 1. The first-order valence-electron chi connectivity index (χ1n) is 5.49. The fourth-order valence-corrected chi connectivity index (χ4v) is 3.70. The Balaban J connectivity index is 2.45. The molecule has 1 heterocycles. The maximum Gasteiger partial charge on any atom is 0.336 e. The van der Waals surface area contributed by atoms with E-state index >= 15 is 0 Å². The Labute approximate surface area is 111 Å². The van der Waals surface area contributed by atoms with Gasteiger partial charge in [0.15, 0.2) is 0 Å². The van der Waals surface area contributed by atoms with Gasteiger partial charge < -0.3 is 5.11 Å². The molecule has 1 aliphatic heterocycles. The molecule has 2 rings (SSSR count). The Morgan fingerprint density at radius 3 is 2.44 bits per heavy atom. The highest BCUT2D eigenvalue weighted by Gasteiger charge is 2.28. The summed E-state index contributed by atoms with van der Waals surface area (Å²) in [6.07, 6.45) is 1.69. The Hall–Kier alpha value is -1.05. The maximum atomic E-state index is 12.2. The van der Waals surface area contributed by atoms with E-state index in [9.17, 15) is 13.2 Å². The first-order chi connectivity index (χ1) is 8.43. The van der Waals surface area contributed by atoms with Gasteiger partial charge in [0.05, 0.1) is 10.5 Å². The molecule has 7 heteroatoms. The molecule has 0 saturated carbocycles. The number of carbonyl (C=O) groups is 1. The standard InChI is InChI=1S/C11H13NO4S2/c13-11(14)9-7-8(3-4-10(9)17)18(15,16)12-5-1-2-6-12/h3-4,7,17H,1-2,5-6H2,(H,13,14). The van der Waals surface area contributed by atoms with Crippen molar-refractivity contribution < 1.29 is 18.3 Å². The number of hydrogen-bond donors (Lipinski definition) is 2. The van der Waals surface area contributed by atoms with Crippen molar-refractivity contribution in [2.45, 2.75) is 22.6 Å². The zero-order valence-corrected chi connectivity index (χ0v) is 11.2. The average molecular weight is 287 g/mol. The Kier molecular flexibility index (Phi) is 3.65. The quantitative estimate of drug-likeness (QED) is 0.825. The monoisotopic (exact) mass is 287 g/mol. The van der Waals surface area contributed by atoms with Crippen LogP contribution in [0.1, 0.15) is 23.2 Å². The summed E-state index contributed by atoms with van der Waals surface area (Å²) in [7, 11) is -3.58. The fourth-order valence-electron chi connectivity index (χ4n) is 1.92. The minimum absolute atomic E-state index is 0.0135. The van der Waals surface area contributed by atoms with Gasteiger partial charge >= 0.3 is 5.97 Å². The number of nitrogens with zero attached hydrogens (tertiary/aromatic N) is 1. The maximum absolute atomic E-state index is 12.2. The van der Waals surface area contributed by atoms with Crippen LogP contribution < -0.4 is 0 Å². The van der Waals surface area contributed by atoms with Gasteiger partial charge in [-0.2, -0.15) is 4.31 Å². The van der Waals surface area contributed by atoms with Crippen LogP contribution in [-0.2, 0) is 10.0 Å². The van der Waals surface area contributed by atoms with Crippen LogP contribution in [0.15, 0.2) is 28.0 Å². The molecule has 1 N–H and O–H groups in total. The van der Waals surface area contributed by atoms with Crippen LogP contribution in [0.3, 0.4) is 0 Å². The van der Waals surface area contributed by atoms with E-state index < -0.39 is 16.0 Å². The van der Waals surface area contributed by atoms with Crippen LogP contribution in [0.5, 0.6) is 0 Å². The number of carboxylic acid groups (broad SMARTS) is 1. The summed E-state index contributed by atoms with van der Waals surface area (Å²) >= 11 is 4.00. The van der Waals surface area contributed by atoms with Crippen molar-refractivity contribution in [3.8, 4) is 0 Å². The molecule has 0 atom stereocenters. The van der Waals surface area contributed by atoms with Gasteiger partial charge in [-0.05, 0) is 31.0 Å². The van der Waals surface area contributed by atoms with Crippen molar-refractivity contribution in [1.29, 1.82) is 0 Å². The van der Waals surface area contributed by atoms with Crippen LogP contribution in [0, 0.1) is 0 Å². The summed E-state index contributed by atoms with van der Waals surface area (Å²) in [6.45, 7) is 0.987. The van der Waals surface area contributed by atoms with Gasteiger partial charge in [-0.1, -0.05) is 0 Å². The van der Waals surface area contributed by atoms with E-state index in [2.05, 4.69) is 12.6 Å². The molecular formula is C11H13NO4S2. The summed E-state index contributed by atoms with van der Waals surface area (Å²) in [6, 6.07) is 3.95. The predicted molar refractivity (Wildman–Crippen MR) is 68.6 cm³/mol. The zero-order valence-electron chi connectivity index (χ0n) is 9.54. The van der Waals surface area contributed by atoms with E-state index in [1.165, 1.54) is 16.4 Å². The van der Waals surface area contributed by atoms with Crippen molar-refractivity contribution in [3.05, 3.63) is 23.8 Å². The Morgan fingerprint density at radius 1 is 1.28 bits per heavy atom. The van der Waals surface area contributed by atoms with Crippen LogP contribution >= 0.6 is 12.6 Å². The lowest BCUT2D eigenvalue weighted by molar-refractivity contribution is 0.0693. The van der Waals surface area contributed by atoms with Crippen molar-refractivity contribution >= 4 is 28.6 Å². The number of carboxylic acids is 1. The normalized spacial score (nSPS) is 16.9. The van der Waals surface area contributed by atoms with E-state index in [0.29, 0.717) is 13.1 Å². The highest BCUT2D eigenvalue weighted by atomic mass is 32.2. The van der Waals surface area contributed by atoms with Gasteiger partial charge in [0, 0.05) is 18.0 Å². The molecule has 98 valence electrons. The molecule has 0 aliphatic carbocycles. The predicted octanol–water partition coefficient (Wildman–Crippen LogP) is 1.46. The van der Waals surface area contributed by atoms with Crippen molar-refractivity contribution in [2.75, 3.05) is 13.1 Å². The molecule has 1 aromatic carbocycles. The molecule has 1 aromatic rings. The molecule has 0 radical (unpaired) electrons. The van der Waals surface area contributed by atoms with E-state index in [1.54, 1.807) is 0 Å². The van der Waals surface area contributed by atoms with Gasteiger partial charge in [0.2, 0.25) is 10.0 Å². The first-order valence-corrected chi connectivity index (χ1v) is 7.38. The van der Waals surface area contributed by atoms with Crippen LogP contribution in [0.2, 0.25) is 0 Å². The average Bonchev–Trinajstić information content (AvgIpc) is 2.82. The summed E-state index contributed by atoms with van der Waals surface area (Å²) in [5.41, 5.74) is -0.0985. The molecule has 5 nitrogen and oxygen atoms in total. The lowest BCUT2D eigenvalue weighted by Crippen LogP contribution is -2.28. The first kappa shape index (κ1) is 13.4. The zero-order chi connectivity index (χ0) is 13.3. The molecule has 1 fully saturated rings. The lowest BCUT2D eigenvalue weighted by Gasteiger charge is -2.16. The molecule has 18 heavy (non-hydrogen) atoms. The Bertz CT molecular complexity index is 577. The third-order valence-corrected chi connectivity index (χ3v) is 5.19. The number of sulfonamides is 1. The highest BCUT2D eigenvalue weighted by Crippen LogP contribution is 2.24. The van der Waals surface area contributed by atoms with E-state index in [4.69, 9.17) is 5.11 Å². The number of thiol groups is 1.